The lowest BCUT2D eigenvalue weighted by Gasteiger charge is -2.29. The summed E-state index contributed by atoms with van der Waals surface area (Å²) in [6.45, 7) is 3.68. The number of aryl methyl sites for hydroxylation is 1. The van der Waals surface area contributed by atoms with Crippen LogP contribution in [0, 0.1) is 11.3 Å². The smallest absolute Gasteiger partial charge is 0.211 e. The minimum atomic E-state index is -0.736. The Hall–Kier alpha value is -3.87. The van der Waals surface area contributed by atoms with E-state index in [1.54, 1.807) is 21.8 Å². The van der Waals surface area contributed by atoms with Gasteiger partial charge in [-0.15, -0.1) is 0 Å². The minimum Gasteiger partial charge on any atom is -0.475 e. The number of hydrogen-bond donors (Lipinski definition) is 1. The number of fused-ring (bicyclic) bond motifs is 1. The maximum Gasteiger partial charge on any atom is 0.211 e. The molecule has 4 heterocycles. The van der Waals surface area contributed by atoms with Gasteiger partial charge in [0, 0.05) is 49.6 Å². The number of nitriles is 1. The van der Waals surface area contributed by atoms with Gasteiger partial charge in [0.05, 0.1) is 30.0 Å². The van der Waals surface area contributed by atoms with Crippen LogP contribution in [0.4, 0.5) is 5.82 Å². The van der Waals surface area contributed by atoms with Crippen LogP contribution in [-0.2, 0) is 12.6 Å². The highest BCUT2D eigenvalue weighted by molar-refractivity contribution is 5.93. The molecule has 1 aliphatic rings. The van der Waals surface area contributed by atoms with Gasteiger partial charge in [-0.05, 0) is 39.5 Å². The monoisotopic (exact) mass is 459 g/mol. The summed E-state index contributed by atoms with van der Waals surface area (Å²) in [5.74, 6) is 1.60. The third kappa shape index (κ3) is 3.87. The van der Waals surface area contributed by atoms with Crippen molar-refractivity contribution < 1.29 is 4.74 Å². The van der Waals surface area contributed by atoms with E-state index >= 15 is 0 Å². The zero-order valence-electron chi connectivity index (χ0n) is 19.9. The summed E-state index contributed by atoms with van der Waals surface area (Å²) >= 11 is 0. The Labute approximate surface area is 198 Å². The van der Waals surface area contributed by atoms with Crippen LogP contribution >= 0.6 is 0 Å². The highest BCUT2D eigenvalue weighted by Gasteiger charge is 2.28. The van der Waals surface area contributed by atoms with Gasteiger partial charge >= 0.3 is 0 Å². The molecule has 176 valence electrons. The molecule has 0 spiro atoms. The fourth-order valence-electron chi connectivity index (χ4n) is 4.52. The molecule has 1 aliphatic carbocycles. The SMILES string of the molecule is CNc1cc2c(cn1)c(-c1cnn(C(C)(C)C#N)c1)nn2[C@H]1CC[C@@H](Oc2ccnn2C)CC1. The summed E-state index contributed by atoms with van der Waals surface area (Å²) in [4.78, 5) is 4.53. The Morgan fingerprint density at radius 2 is 1.97 bits per heavy atom. The van der Waals surface area contributed by atoms with Crippen LogP contribution in [-0.4, -0.2) is 47.5 Å². The summed E-state index contributed by atoms with van der Waals surface area (Å²) in [6, 6.07) is 6.51. The van der Waals surface area contributed by atoms with Crippen LogP contribution in [0.1, 0.15) is 45.6 Å². The van der Waals surface area contributed by atoms with Gasteiger partial charge in [0.1, 0.15) is 23.2 Å². The molecule has 10 nitrogen and oxygen atoms in total. The molecule has 4 aromatic rings. The Morgan fingerprint density at radius 3 is 2.65 bits per heavy atom. The van der Waals surface area contributed by atoms with Crippen LogP contribution in [0.5, 0.6) is 5.88 Å². The fourth-order valence-corrected chi connectivity index (χ4v) is 4.52. The normalized spacial score (nSPS) is 18.7. The number of ether oxygens (including phenoxy) is 1. The van der Waals surface area contributed by atoms with Crippen molar-refractivity contribution in [3.63, 3.8) is 0 Å². The summed E-state index contributed by atoms with van der Waals surface area (Å²) in [6.07, 6.45) is 11.3. The first-order valence-corrected chi connectivity index (χ1v) is 11.6. The largest absolute Gasteiger partial charge is 0.475 e. The highest BCUT2D eigenvalue weighted by Crippen LogP contribution is 2.36. The van der Waals surface area contributed by atoms with Gasteiger partial charge in [0.2, 0.25) is 5.88 Å². The number of pyridine rings is 1. The zero-order chi connectivity index (χ0) is 23.9. The van der Waals surface area contributed by atoms with E-state index in [4.69, 9.17) is 9.84 Å². The third-order valence-electron chi connectivity index (χ3n) is 6.60. The molecule has 10 heteroatoms. The number of anilines is 1. The average molecular weight is 460 g/mol. The topological polar surface area (TPSA) is 111 Å². The highest BCUT2D eigenvalue weighted by atomic mass is 16.5. The van der Waals surface area contributed by atoms with Crippen molar-refractivity contribution in [1.82, 2.24) is 34.3 Å². The van der Waals surface area contributed by atoms with Gasteiger partial charge in [0.25, 0.3) is 0 Å². The van der Waals surface area contributed by atoms with Gasteiger partial charge in [-0.1, -0.05) is 0 Å². The van der Waals surface area contributed by atoms with Crippen molar-refractivity contribution >= 4 is 16.7 Å². The molecule has 34 heavy (non-hydrogen) atoms. The van der Waals surface area contributed by atoms with Gasteiger partial charge in [-0.3, -0.25) is 9.36 Å². The van der Waals surface area contributed by atoms with Crippen molar-refractivity contribution in [3.05, 3.63) is 36.9 Å². The first-order valence-electron chi connectivity index (χ1n) is 11.6. The van der Waals surface area contributed by atoms with Crippen molar-refractivity contribution in [3.8, 4) is 23.2 Å². The quantitative estimate of drug-likeness (QED) is 0.465. The number of nitrogens with zero attached hydrogens (tertiary/aromatic N) is 8. The van der Waals surface area contributed by atoms with E-state index in [0.29, 0.717) is 0 Å². The lowest BCUT2D eigenvalue weighted by Crippen LogP contribution is -2.27. The predicted molar refractivity (Wildman–Crippen MR) is 128 cm³/mol. The van der Waals surface area contributed by atoms with E-state index in [9.17, 15) is 5.26 Å². The molecule has 0 atom stereocenters. The van der Waals surface area contributed by atoms with Crippen LogP contribution < -0.4 is 10.1 Å². The molecular formula is C24H29N9O. The summed E-state index contributed by atoms with van der Waals surface area (Å²) in [5.41, 5.74) is 2.01. The molecule has 1 fully saturated rings. The molecule has 0 bridgehead atoms. The minimum absolute atomic E-state index is 0.175. The lowest BCUT2D eigenvalue weighted by molar-refractivity contribution is 0.121. The summed E-state index contributed by atoms with van der Waals surface area (Å²) in [5, 5.41) is 27.3. The molecule has 0 amide bonds. The Balaban J connectivity index is 1.45. The zero-order valence-corrected chi connectivity index (χ0v) is 19.9. The van der Waals surface area contributed by atoms with Crippen LogP contribution in [0.2, 0.25) is 0 Å². The fraction of sp³-hybridized carbons (Fsp3) is 0.458. The van der Waals surface area contributed by atoms with Crippen molar-refractivity contribution in [1.29, 1.82) is 5.26 Å². The number of hydrogen-bond acceptors (Lipinski definition) is 7. The van der Waals surface area contributed by atoms with E-state index in [0.717, 1.165) is 59.5 Å². The van der Waals surface area contributed by atoms with Crippen molar-refractivity contribution in [2.45, 2.75) is 57.2 Å². The van der Waals surface area contributed by atoms with E-state index in [1.807, 2.05) is 52.5 Å². The second-order valence-corrected chi connectivity index (χ2v) is 9.32. The maximum absolute atomic E-state index is 9.49. The van der Waals surface area contributed by atoms with Gasteiger partial charge in [-0.2, -0.15) is 20.6 Å². The summed E-state index contributed by atoms with van der Waals surface area (Å²) < 4.78 is 11.8. The maximum atomic E-state index is 9.49. The molecule has 4 aromatic heterocycles. The molecule has 0 saturated heterocycles. The first-order chi connectivity index (χ1) is 16.4. The molecule has 5 rings (SSSR count). The van der Waals surface area contributed by atoms with Crippen molar-refractivity contribution in [2.24, 2.45) is 7.05 Å². The number of nitrogens with one attached hydrogen (secondary N) is 1. The standard InChI is InChI=1S/C24H29N9O/c1-24(2,15-25)32-14-16(12-29-32)23-19-13-27-21(26-3)11-20(19)33(30-23)17-5-7-18(8-6-17)34-22-9-10-28-31(22)4/h9-14,17-18H,5-8H2,1-4H3,(H,26,27)/t17-,18+. The molecule has 0 radical (unpaired) electrons. The van der Waals surface area contributed by atoms with Gasteiger partial charge in [0.15, 0.2) is 0 Å². The van der Waals surface area contributed by atoms with E-state index < -0.39 is 5.54 Å². The molecule has 1 saturated carbocycles. The Morgan fingerprint density at radius 1 is 1.18 bits per heavy atom. The summed E-state index contributed by atoms with van der Waals surface area (Å²) in [7, 11) is 3.76. The third-order valence-corrected chi connectivity index (χ3v) is 6.60. The van der Waals surface area contributed by atoms with Crippen LogP contribution in [0.15, 0.2) is 36.9 Å². The van der Waals surface area contributed by atoms with E-state index in [-0.39, 0.29) is 12.1 Å². The molecule has 0 aromatic carbocycles. The van der Waals surface area contributed by atoms with Crippen LogP contribution in [0.3, 0.4) is 0 Å². The lowest BCUT2D eigenvalue weighted by atomic mass is 9.93. The van der Waals surface area contributed by atoms with E-state index in [1.165, 1.54) is 0 Å². The first kappa shape index (κ1) is 21.9. The molecular weight excluding hydrogens is 430 g/mol. The number of aromatic nitrogens is 7. The second-order valence-electron chi connectivity index (χ2n) is 9.32. The van der Waals surface area contributed by atoms with Crippen molar-refractivity contribution in [2.75, 3.05) is 12.4 Å². The van der Waals surface area contributed by atoms with Gasteiger partial charge < -0.3 is 10.1 Å². The van der Waals surface area contributed by atoms with Gasteiger partial charge in [-0.25, -0.2) is 9.67 Å². The predicted octanol–water partition coefficient (Wildman–Crippen LogP) is 3.89. The Kier molecular flexibility index (Phi) is 5.48. The molecule has 1 N–H and O–H groups in total. The van der Waals surface area contributed by atoms with Crippen LogP contribution in [0.25, 0.3) is 22.2 Å². The second kappa shape index (κ2) is 8.48. The molecule has 0 aliphatic heterocycles. The van der Waals surface area contributed by atoms with E-state index in [2.05, 4.69) is 31.2 Å². The Bertz CT molecular complexity index is 1350. The molecule has 0 unspecified atom stereocenters. The number of rotatable bonds is 6. The average Bonchev–Trinajstić information content (AvgIpc) is 3.58.